The maximum atomic E-state index is 13.5. The molecule has 0 aromatic heterocycles. The highest BCUT2D eigenvalue weighted by Crippen LogP contribution is 2.27. The van der Waals surface area contributed by atoms with Crippen molar-refractivity contribution in [3.05, 3.63) is 28.0 Å². The first-order chi connectivity index (χ1) is 6.91. The number of benzene rings is 1. The molecule has 3 nitrogen and oxygen atoms in total. The highest BCUT2D eigenvalue weighted by molar-refractivity contribution is 9.10. The third-order valence-electron chi connectivity index (χ3n) is 1.60. The summed E-state index contributed by atoms with van der Waals surface area (Å²) in [5.74, 6) is -2.22. The van der Waals surface area contributed by atoms with Gasteiger partial charge in [-0.2, -0.15) is 0 Å². The molecule has 0 heterocycles. The van der Waals surface area contributed by atoms with E-state index in [0.29, 0.717) is 4.47 Å². The highest BCUT2D eigenvalue weighted by atomic mass is 79.9. The molecule has 0 unspecified atom stereocenters. The number of hydrogen-bond donors (Lipinski definition) is 1. The molecule has 0 amide bonds. The number of halogens is 2. The SMILES string of the molecule is CC(C)Oc1cc(Br)cc(C(=O)O)c1F. The van der Waals surface area contributed by atoms with Crippen LogP contribution >= 0.6 is 15.9 Å². The van der Waals surface area contributed by atoms with E-state index in [4.69, 9.17) is 9.84 Å². The lowest BCUT2D eigenvalue weighted by atomic mass is 10.2. The first-order valence-electron chi connectivity index (χ1n) is 4.30. The van der Waals surface area contributed by atoms with Gasteiger partial charge in [0.1, 0.15) is 5.56 Å². The molecule has 0 saturated carbocycles. The van der Waals surface area contributed by atoms with Crippen LogP contribution in [0.2, 0.25) is 0 Å². The molecule has 82 valence electrons. The molecule has 0 spiro atoms. The van der Waals surface area contributed by atoms with E-state index in [9.17, 15) is 9.18 Å². The van der Waals surface area contributed by atoms with E-state index in [2.05, 4.69) is 15.9 Å². The Kier molecular flexibility index (Phi) is 3.68. The second-order valence-corrected chi connectivity index (χ2v) is 4.15. The summed E-state index contributed by atoms with van der Waals surface area (Å²) in [5, 5.41) is 8.73. The van der Waals surface area contributed by atoms with Gasteiger partial charge in [-0.1, -0.05) is 15.9 Å². The van der Waals surface area contributed by atoms with E-state index >= 15 is 0 Å². The van der Waals surface area contributed by atoms with Gasteiger partial charge in [0, 0.05) is 4.47 Å². The van der Waals surface area contributed by atoms with Crippen LogP contribution in [0.3, 0.4) is 0 Å². The lowest BCUT2D eigenvalue weighted by molar-refractivity contribution is 0.0690. The molecule has 0 aliphatic carbocycles. The van der Waals surface area contributed by atoms with Gasteiger partial charge in [-0.25, -0.2) is 9.18 Å². The van der Waals surface area contributed by atoms with E-state index in [1.165, 1.54) is 12.1 Å². The van der Waals surface area contributed by atoms with Crippen molar-refractivity contribution in [3.63, 3.8) is 0 Å². The van der Waals surface area contributed by atoms with Crippen LogP contribution in [-0.2, 0) is 0 Å². The molecular weight excluding hydrogens is 267 g/mol. The van der Waals surface area contributed by atoms with Gasteiger partial charge in [-0.3, -0.25) is 0 Å². The fourth-order valence-corrected chi connectivity index (χ4v) is 1.50. The monoisotopic (exact) mass is 276 g/mol. The molecule has 0 fully saturated rings. The fraction of sp³-hybridized carbons (Fsp3) is 0.300. The minimum atomic E-state index is -1.32. The lowest BCUT2D eigenvalue weighted by Crippen LogP contribution is -2.09. The maximum Gasteiger partial charge on any atom is 0.338 e. The van der Waals surface area contributed by atoms with Gasteiger partial charge >= 0.3 is 5.97 Å². The van der Waals surface area contributed by atoms with Crippen molar-refractivity contribution < 1.29 is 19.0 Å². The van der Waals surface area contributed by atoms with Crippen LogP contribution in [0.1, 0.15) is 24.2 Å². The van der Waals surface area contributed by atoms with Crippen molar-refractivity contribution in [3.8, 4) is 5.75 Å². The minimum absolute atomic E-state index is 0.0585. The Morgan fingerprint density at radius 2 is 2.13 bits per heavy atom. The molecule has 0 aliphatic rings. The zero-order valence-electron chi connectivity index (χ0n) is 8.25. The summed E-state index contributed by atoms with van der Waals surface area (Å²) in [7, 11) is 0. The predicted molar refractivity (Wildman–Crippen MR) is 56.8 cm³/mol. The van der Waals surface area contributed by atoms with Crippen LogP contribution in [0, 0.1) is 5.82 Å². The number of carboxylic acid groups (broad SMARTS) is 1. The van der Waals surface area contributed by atoms with Gasteiger partial charge in [-0.15, -0.1) is 0 Å². The average Bonchev–Trinajstić information content (AvgIpc) is 2.09. The lowest BCUT2D eigenvalue weighted by Gasteiger charge is -2.12. The Balaban J connectivity index is 3.22. The molecule has 1 rings (SSSR count). The summed E-state index contributed by atoms with van der Waals surface area (Å²) in [4.78, 5) is 10.7. The smallest absolute Gasteiger partial charge is 0.338 e. The molecule has 15 heavy (non-hydrogen) atoms. The Morgan fingerprint density at radius 3 is 2.60 bits per heavy atom. The zero-order valence-corrected chi connectivity index (χ0v) is 9.84. The summed E-state index contributed by atoms with van der Waals surface area (Å²) in [6, 6.07) is 2.60. The van der Waals surface area contributed by atoms with E-state index in [1.807, 2.05) is 0 Å². The average molecular weight is 277 g/mol. The van der Waals surface area contributed by atoms with Gasteiger partial charge in [0.05, 0.1) is 6.10 Å². The highest BCUT2D eigenvalue weighted by Gasteiger charge is 2.17. The number of hydrogen-bond acceptors (Lipinski definition) is 2. The van der Waals surface area contributed by atoms with Gasteiger partial charge in [0.2, 0.25) is 0 Å². The van der Waals surface area contributed by atoms with Crippen LogP contribution in [0.4, 0.5) is 4.39 Å². The quantitative estimate of drug-likeness (QED) is 0.923. The molecule has 0 atom stereocenters. The van der Waals surface area contributed by atoms with E-state index in [1.54, 1.807) is 13.8 Å². The van der Waals surface area contributed by atoms with Crippen molar-refractivity contribution in [1.82, 2.24) is 0 Å². The molecule has 0 bridgehead atoms. The van der Waals surface area contributed by atoms with Gasteiger partial charge in [0.25, 0.3) is 0 Å². The second kappa shape index (κ2) is 4.61. The van der Waals surface area contributed by atoms with Crippen LogP contribution in [0.25, 0.3) is 0 Å². The molecule has 0 aliphatic heterocycles. The Bertz CT molecular complexity index is 390. The summed E-state index contributed by atoms with van der Waals surface area (Å²) < 4.78 is 19.2. The number of rotatable bonds is 3. The first-order valence-corrected chi connectivity index (χ1v) is 5.10. The van der Waals surface area contributed by atoms with E-state index in [-0.39, 0.29) is 11.9 Å². The normalized spacial score (nSPS) is 10.5. The molecule has 5 heteroatoms. The molecule has 1 N–H and O–H groups in total. The predicted octanol–water partition coefficient (Wildman–Crippen LogP) is 3.07. The number of ether oxygens (including phenoxy) is 1. The van der Waals surface area contributed by atoms with Gasteiger partial charge in [0.15, 0.2) is 11.6 Å². The standard InChI is InChI=1S/C10H10BrFO3/c1-5(2)15-8-4-6(11)3-7(9(8)12)10(13)14/h3-5H,1-2H3,(H,13,14). The largest absolute Gasteiger partial charge is 0.488 e. The van der Waals surface area contributed by atoms with Crippen LogP contribution < -0.4 is 4.74 Å². The first kappa shape index (κ1) is 12.0. The minimum Gasteiger partial charge on any atom is -0.488 e. The van der Waals surface area contributed by atoms with Gasteiger partial charge in [-0.05, 0) is 26.0 Å². The summed E-state index contributed by atoms with van der Waals surface area (Å²) in [5.41, 5.74) is -0.403. The topological polar surface area (TPSA) is 46.5 Å². The molecule has 1 aromatic rings. The van der Waals surface area contributed by atoms with Crippen LogP contribution in [0.5, 0.6) is 5.75 Å². The third kappa shape index (κ3) is 2.92. The molecule has 1 aromatic carbocycles. The third-order valence-corrected chi connectivity index (χ3v) is 2.05. The number of carboxylic acids is 1. The number of carbonyl (C=O) groups is 1. The van der Waals surface area contributed by atoms with Crippen LogP contribution in [-0.4, -0.2) is 17.2 Å². The second-order valence-electron chi connectivity index (χ2n) is 3.24. The van der Waals surface area contributed by atoms with Crippen molar-refractivity contribution in [1.29, 1.82) is 0 Å². The number of aromatic carboxylic acids is 1. The zero-order chi connectivity index (χ0) is 11.6. The van der Waals surface area contributed by atoms with Crippen LogP contribution in [0.15, 0.2) is 16.6 Å². The summed E-state index contributed by atoms with van der Waals surface area (Å²) >= 11 is 3.10. The maximum absolute atomic E-state index is 13.5. The van der Waals surface area contributed by atoms with E-state index < -0.39 is 17.3 Å². The van der Waals surface area contributed by atoms with Crippen molar-refractivity contribution in [2.45, 2.75) is 20.0 Å². The van der Waals surface area contributed by atoms with Crippen molar-refractivity contribution in [2.24, 2.45) is 0 Å². The summed E-state index contributed by atoms with van der Waals surface area (Å²) in [6.07, 6.45) is -0.213. The Labute approximate surface area is 95.0 Å². The van der Waals surface area contributed by atoms with E-state index in [0.717, 1.165) is 0 Å². The molecule has 0 radical (unpaired) electrons. The molecule has 0 saturated heterocycles. The molecular formula is C10H10BrFO3. The van der Waals surface area contributed by atoms with Crippen molar-refractivity contribution >= 4 is 21.9 Å². The van der Waals surface area contributed by atoms with Gasteiger partial charge < -0.3 is 9.84 Å². The Morgan fingerprint density at radius 1 is 1.53 bits per heavy atom. The Hall–Kier alpha value is -1.10. The summed E-state index contributed by atoms with van der Waals surface area (Å²) in [6.45, 7) is 3.47. The van der Waals surface area contributed by atoms with Crippen molar-refractivity contribution in [2.75, 3.05) is 0 Å². The fourth-order valence-electron chi connectivity index (χ4n) is 1.06.